The molecule has 1 aromatic carbocycles. The Hall–Kier alpha value is -1.02. The van der Waals surface area contributed by atoms with E-state index in [4.69, 9.17) is 17.3 Å². The second kappa shape index (κ2) is 4.46. The summed E-state index contributed by atoms with van der Waals surface area (Å²) < 4.78 is 0. The van der Waals surface area contributed by atoms with Crippen LogP contribution >= 0.6 is 11.6 Å². The van der Waals surface area contributed by atoms with Gasteiger partial charge in [-0.05, 0) is 30.5 Å². The maximum Gasteiger partial charge on any atom is 0.228 e. The van der Waals surface area contributed by atoms with Crippen molar-refractivity contribution in [2.24, 2.45) is 5.73 Å². The van der Waals surface area contributed by atoms with Gasteiger partial charge in [0.15, 0.2) is 0 Å². The zero-order valence-corrected chi connectivity index (χ0v) is 9.96. The van der Waals surface area contributed by atoms with Crippen molar-refractivity contribution in [1.29, 1.82) is 0 Å². The molecule has 1 aromatic rings. The van der Waals surface area contributed by atoms with E-state index in [9.17, 15) is 4.79 Å². The van der Waals surface area contributed by atoms with Crippen LogP contribution in [0.2, 0.25) is 5.02 Å². The topological polar surface area (TPSA) is 43.1 Å². The Morgan fingerprint density at radius 1 is 1.25 bits per heavy atom. The fraction of sp³-hybridized carbons (Fsp3) is 0.462. The first kappa shape index (κ1) is 11.5. The molecule has 0 aliphatic heterocycles. The number of benzene rings is 1. The van der Waals surface area contributed by atoms with Gasteiger partial charge in [0.25, 0.3) is 0 Å². The molecule has 1 saturated carbocycles. The Balaban J connectivity index is 2.42. The molecule has 3 heteroatoms. The first-order chi connectivity index (χ1) is 7.65. The molecule has 0 aromatic heterocycles. The van der Waals surface area contributed by atoms with Crippen LogP contribution in [-0.4, -0.2) is 5.91 Å². The van der Waals surface area contributed by atoms with E-state index >= 15 is 0 Å². The third kappa shape index (κ3) is 1.94. The summed E-state index contributed by atoms with van der Waals surface area (Å²) in [6.07, 6.45) is 5.02. The van der Waals surface area contributed by atoms with Crippen LogP contribution in [-0.2, 0) is 10.2 Å². The molecule has 2 nitrogen and oxygen atoms in total. The van der Waals surface area contributed by atoms with Crippen molar-refractivity contribution >= 4 is 17.5 Å². The van der Waals surface area contributed by atoms with E-state index in [1.165, 1.54) is 6.42 Å². The lowest BCUT2D eigenvalue weighted by atomic mass is 9.69. The van der Waals surface area contributed by atoms with Crippen LogP contribution in [0.5, 0.6) is 0 Å². The summed E-state index contributed by atoms with van der Waals surface area (Å²) >= 11 is 5.98. The minimum atomic E-state index is -0.483. The molecule has 2 N–H and O–H groups in total. The molecule has 1 aliphatic carbocycles. The number of primary amides is 1. The first-order valence-corrected chi connectivity index (χ1v) is 6.09. The van der Waals surface area contributed by atoms with E-state index < -0.39 is 5.41 Å². The number of hydrogen-bond acceptors (Lipinski definition) is 1. The third-order valence-electron chi connectivity index (χ3n) is 3.56. The van der Waals surface area contributed by atoms with Crippen LogP contribution in [0.3, 0.4) is 0 Å². The number of amides is 1. The van der Waals surface area contributed by atoms with Crippen molar-refractivity contribution in [3.05, 3.63) is 34.9 Å². The van der Waals surface area contributed by atoms with Gasteiger partial charge in [0.05, 0.1) is 5.41 Å². The largest absolute Gasteiger partial charge is 0.369 e. The van der Waals surface area contributed by atoms with Crippen molar-refractivity contribution in [3.8, 4) is 0 Å². The van der Waals surface area contributed by atoms with Gasteiger partial charge in [0.1, 0.15) is 0 Å². The van der Waals surface area contributed by atoms with Crippen molar-refractivity contribution in [2.75, 3.05) is 0 Å². The summed E-state index contributed by atoms with van der Waals surface area (Å²) in [7, 11) is 0. The molecular weight excluding hydrogens is 222 g/mol. The summed E-state index contributed by atoms with van der Waals surface area (Å²) in [6.45, 7) is 0. The summed E-state index contributed by atoms with van der Waals surface area (Å²) in [5.41, 5.74) is 6.10. The molecule has 0 radical (unpaired) electrons. The third-order valence-corrected chi connectivity index (χ3v) is 3.79. The predicted molar refractivity (Wildman–Crippen MR) is 65.4 cm³/mol. The Labute approximate surface area is 101 Å². The van der Waals surface area contributed by atoms with Crippen LogP contribution in [0.1, 0.15) is 37.7 Å². The number of carbonyl (C=O) groups excluding carboxylic acids is 1. The van der Waals surface area contributed by atoms with E-state index in [1.807, 2.05) is 24.3 Å². The molecule has 16 heavy (non-hydrogen) atoms. The number of hydrogen-bond donors (Lipinski definition) is 1. The Bertz CT molecular complexity index is 397. The van der Waals surface area contributed by atoms with Crippen LogP contribution < -0.4 is 5.73 Å². The summed E-state index contributed by atoms with van der Waals surface area (Å²) in [5.74, 6) is -0.213. The minimum Gasteiger partial charge on any atom is -0.369 e. The van der Waals surface area contributed by atoms with Crippen molar-refractivity contribution < 1.29 is 4.79 Å². The number of halogens is 1. The maximum absolute atomic E-state index is 11.8. The van der Waals surface area contributed by atoms with E-state index in [-0.39, 0.29) is 5.91 Å². The highest BCUT2D eigenvalue weighted by molar-refractivity contribution is 6.30. The number of carbonyl (C=O) groups is 1. The number of rotatable bonds is 2. The van der Waals surface area contributed by atoms with E-state index in [1.54, 1.807) is 0 Å². The van der Waals surface area contributed by atoms with Gasteiger partial charge < -0.3 is 5.73 Å². The van der Waals surface area contributed by atoms with E-state index in [0.717, 1.165) is 31.2 Å². The standard InChI is InChI=1S/C13H16ClNO/c14-11-6-4-5-10(9-11)13(12(15)16)7-2-1-3-8-13/h4-6,9H,1-3,7-8H2,(H2,15,16). The lowest BCUT2D eigenvalue weighted by molar-refractivity contribution is -0.124. The predicted octanol–water partition coefficient (Wildman–Crippen LogP) is 3.03. The fourth-order valence-electron chi connectivity index (χ4n) is 2.62. The quantitative estimate of drug-likeness (QED) is 0.844. The zero-order chi connectivity index (χ0) is 11.6. The molecule has 2 rings (SSSR count). The molecule has 0 spiro atoms. The van der Waals surface area contributed by atoms with Gasteiger partial charge >= 0.3 is 0 Å². The van der Waals surface area contributed by atoms with Gasteiger partial charge in [-0.25, -0.2) is 0 Å². The summed E-state index contributed by atoms with van der Waals surface area (Å²) in [4.78, 5) is 11.8. The highest BCUT2D eigenvalue weighted by Gasteiger charge is 2.39. The Kier molecular flexibility index (Phi) is 3.20. The molecular formula is C13H16ClNO. The zero-order valence-electron chi connectivity index (χ0n) is 9.21. The van der Waals surface area contributed by atoms with Gasteiger partial charge in [-0.1, -0.05) is 43.0 Å². The van der Waals surface area contributed by atoms with Crippen LogP contribution in [0.4, 0.5) is 0 Å². The molecule has 0 saturated heterocycles. The molecule has 0 bridgehead atoms. The van der Waals surface area contributed by atoms with Crippen molar-refractivity contribution in [3.63, 3.8) is 0 Å². The average Bonchev–Trinajstić information content (AvgIpc) is 2.30. The van der Waals surface area contributed by atoms with Gasteiger partial charge in [0.2, 0.25) is 5.91 Å². The van der Waals surface area contributed by atoms with Crippen LogP contribution in [0.25, 0.3) is 0 Å². The smallest absolute Gasteiger partial charge is 0.228 e. The first-order valence-electron chi connectivity index (χ1n) is 5.71. The van der Waals surface area contributed by atoms with E-state index in [2.05, 4.69) is 0 Å². The van der Waals surface area contributed by atoms with Crippen molar-refractivity contribution in [1.82, 2.24) is 0 Å². The molecule has 1 amide bonds. The average molecular weight is 238 g/mol. The normalized spacial score (nSPS) is 19.3. The molecule has 86 valence electrons. The van der Waals surface area contributed by atoms with Gasteiger partial charge in [0, 0.05) is 5.02 Å². The fourth-order valence-corrected chi connectivity index (χ4v) is 2.81. The minimum absolute atomic E-state index is 0.213. The second-order valence-corrected chi connectivity index (χ2v) is 4.95. The van der Waals surface area contributed by atoms with Crippen LogP contribution in [0, 0.1) is 0 Å². The number of nitrogens with two attached hydrogens (primary N) is 1. The molecule has 1 aliphatic rings. The molecule has 0 atom stereocenters. The lowest BCUT2D eigenvalue weighted by Gasteiger charge is -2.34. The van der Waals surface area contributed by atoms with Crippen LogP contribution in [0.15, 0.2) is 24.3 Å². The summed E-state index contributed by atoms with van der Waals surface area (Å²) in [5, 5.41) is 0.670. The SMILES string of the molecule is NC(=O)C1(c2cccc(Cl)c2)CCCCC1. The molecule has 0 unspecified atom stereocenters. The second-order valence-electron chi connectivity index (χ2n) is 4.52. The van der Waals surface area contributed by atoms with Gasteiger partial charge in [-0.3, -0.25) is 4.79 Å². The monoisotopic (exact) mass is 237 g/mol. The highest BCUT2D eigenvalue weighted by Crippen LogP contribution is 2.39. The van der Waals surface area contributed by atoms with E-state index in [0.29, 0.717) is 5.02 Å². The molecule has 1 fully saturated rings. The highest BCUT2D eigenvalue weighted by atomic mass is 35.5. The summed E-state index contributed by atoms with van der Waals surface area (Å²) in [6, 6.07) is 7.54. The Morgan fingerprint density at radius 3 is 2.50 bits per heavy atom. The molecule has 0 heterocycles. The van der Waals surface area contributed by atoms with Gasteiger partial charge in [-0.15, -0.1) is 0 Å². The Morgan fingerprint density at radius 2 is 1.94 bits per heavy atom. The van der Waals surface area contributed by atoms with Crippen molar-refractivity contribution in [2.45, 2.75) is 37.5 Å². The van der Waals surface area contributed by atoms with Gasteiger partial charge in [-0.2, -0.15) is 0 Å². The lowest BCUT2D eigenvalue weighted by Crippen LogP contribution is -2.42. The maximum atomic E-state index is 11.8.